The van der Waals surface area contributed by atoms with Crippen LogP contribution in [0.25, 0.3) is 0 Å². The van der Waals surface area contributed by atoms with Crippen LogP contribution in [0.2, 0.25) is 0 Å². The number of amides is 2. The number of carbonyl (C=O) groups is 2. The molecule has 0 heterocycles. The molecule has 204 valence electrons. The Hall–Kier alpha value is -3.01. The maximum atomic E-state index is 13.7. The molecule has 0 spiro atoms. The van der Waals surface area contributed by atoms with E-state index in [0.717, 1.165) is 40.2 Å². The molecule has 2 rings (SSSR count). The summed E-state index contributed by atoms with van der Waals surface area (Å²) in [5, 5.41) is 2.96. The Morgan fingerprint density at radius 3 is 2.27 bits per heavy atom. The van der Waals surface area contributed by atoms with Gasteiger partial charge in [-0.3, -0.25) is 13.9 Å². The second-order valence-corrected chi connectivity index (χ2v) is 11.1. The monoisotopic (exact) mass is 537 g/mol. The Labute approximate surface area is 218 Å². The van der Waals surface area contributed by atoms with Gasteiger partial charge >= 0.3 is 0 Å². The van der Waals surface area contributed by atoms with E-state index in [0.29, 0.717) is 6.42 Å². The number of hydrogen-bond acceptors (Lipinski definition) is 4. The first-order valence-corrected chi connectivity index (χ1v) is 14.3. The lowest BCUT2D eigenvalue weighted by molar-refractivity contribution is -0.141. The van der Waals surface area contributed by atoms with Crippen molar-refractivity contribution in [1.29, 1.82) is 0 Å². The van der Waals surface area contributed by atoms with E-state index < -0.39 is 27.7 Å². The molecule has 0 fully saturated rings. The Kier molecular flexibility index (Phi) is 11.0. The number of anilines is 1. The van der Waals surface area contributed by atoms with Crippen molar-refractivity contribution in [3.8, 4) is 0 Å². The van der Waals surface area contributed by atoms with Gasteiger partial charge in [0.15, 0.2) is 11.6 Å². The van der Waals surface area contributed by atoms with Gasteiger partial charge in [-0.1, -0.05) is 38.1 Å². The summed E-state index contributed by atoms with van der Waals surface area (Å²) in [6.45, 7) is 7.76. The molecule has 2 unspecified atom stereocenters. The summed E-state index contributed by atoms with van der Waals surface area (Å²) in [5.41, 5.74) is 1.87. The molecule has 2 aromatic rings. The molecule has 0 saturated carbocycles. The first-order chi connectivity index (χ1) is 17.4. The first kappa shape index (κ1) is 30.2. The van der Waals surface area contributed by atoms with E-state index >= 15 is 0 Å². The van der Waals surface area contributed by atoms with E-state index in [9.17, 15) is 26.8 Å². The molecule has 2 amide bonds. The van der Waals surface area contributed by atoms with Gasteiger partial charge < -0.3 is 10.2 Å². The van der Waals surface area contributed by atoms with Gasteiger partial charge in [0.2, 0.25) is 21.8 Å². The van der Waals surface area contributed by atoms with E-state index in [4.69, 9.17) is 0 Å². The molecular formula is C27H37F2N3O4S. The van der Waals surface area contributed by atoms with Gasteiger partial charge in [0, 0.05) is 31.6 Å². The van der Waals surface area contributed by atoms with Gasteiger partial charge in [0.25, 0.3) is 0 Å². The molecule has 7 nitrogen and oxygen atoms in total. The van der Waals surface area contributed by atoms with Crippen molar-refractivity contribution in [3.63, 3.8) is 0 Å². The zero-order chi connectivity index (χ0) is 27.8. The predicted octanol–water partition coefficient (Wildman–Crippen LogP) is 4.54. The highest BCUT2D eigenvalue weighted by atomic mass is 32.2. The minimum absolute atomic E-state index is 0.0232. The lowest BCUT2D eigenvalue weighted by Gasteiger charge is -2.32. The van der Waals surface area contributed by atoms with Gasteiger partial charge in [-0.15, -0.1) is 0 Å². The minimum Gasteiger partial charge on any atom is -0.352 e. The summed E-state index contributed by atoms with van der Waals surface area (Å²) in [7, 11) is -3.82. The molecule has 0 aliphatic heterocycles. The zero-order valence-electron chi connectivity index (χ0n) is 22.1. The van der Waals surface area contributed by atoms with E-state index in [1.165, 1.54) is 6.07 Å². The van der Waals surface area contributed by atoms with Crippen molar-refractivity contribution >= 4 is 27.5 Å². The van der Waals surface area contributed by atoms with Crippen LogP contribution in [0, 0.1) is 18.6 Å². The lowest BCUT2D eigenvalue weighted by atomic mass is 10.0. The quantitative estimate of drug-likeness (QED) is 0.406. The highest BCUT2D eigenvalue weighted by molar-refractivity contribution is 7.92. The van der Waals surface area contributed by atoms with Crippen LogP contribution >= 0.6 is 0 Å². The van der Waals surface area contributed by atoms with E-state index in [1.54, 1.807) is 4.90 Å². The Morgan fingerprint density at radius 1 is 1.03 bits per heavy atom. The van der Waals surface area contributed by atoms with Gasteiger partial charge in [0.05, 0.1) is 11.9 Å². The number of rotatable bonds is 13. The number of sulfonamides is 1. The molecule has 0 saturated heterocycles. The molecule has 0 aliphatic rings. The van der Waals surface area contributed by atoms with Crippen molar-refractivity contribution in [1.82, 2.24) is 10.2 Å². The molecule has 10 heteroatoms. The zero-order valence-corrected chi connectivity index (χ0v) is 22.9. The van der Waals surface area contributed by atoms with Crippen LogP contribution in [0.4, 0.5) is 14.5 Å². The average molecular weight is 538 g/mol. The van der Waals surface area contributed by atoms with Crippen molar-refractivity contribution in [2.45, 2.75) is 72.0 Å². The van der Waals surface area contributed by atoms with Crippen LogP contribution in [-0.4, -0.2) is 50.0 Å². The van der Waals surface area contributed by atoms with E-state index in [-0.39, 0.29) is 49.5 Å². The number of hydrogen-bond donors (Lipinski definition) is 1. The van der Waals surface area contributed by atoms with Gasteiger partial charge in [-0.25, -0.2) is 17.2 Å². The van der Waals surface area contributed by atoms with Crippen LogP contribution in [0.5, 0.6) is 0 Å². The fourth-order valence-electron chi connectivity index (χ4n) is 3.98. The second kappa shape index (κ2) is 13.5. The number of benzene rings is 2. The van der Waals surface area contributed by atoms with Crippen LogP contribution in [0.1, 0.15) is 57.6 Å². The molecular weight excluding hydrogens is 500 g/mol. The maximum Gasteiger partial charge on any atom is 0.243 e. The van der Waals surface area contributed by atoms with Crippen LogP contribution in [0.15, 0.2) is 42.5 Å². The van der Waals surface area contributed by atoms with E-state index in [2.05, 4.69) is 5.32 Å². The molecule has 0 radical (unpaired) electrons. The third-order valence-corrected chi connectivity index (χ3v) is 7.53. The predicted molar refractivity (Wildman–Crippen MR) is 141 cm³/mol. The molecule has 1 N–H and O–H groups in total. The number of carbonyl (C=O) groups excluding carboxylic acids is 2. The molecule has 2 atom stereocenters. The topological polar surface area (TPSA) is 86.8 Å². The fraction of sp³-hybridized carbons (Fsp3) is 0.481. The smallest absolute Gasteiger partial charge is 0.243 e. The minimum atomic E-state index is -3.82. The van der Waals surface area contributed by atoms with Crippen LogP contribution in [0.3, 0.4) is 0 Å². The van der Waals surface area contributed by atoms with Gasteiger partial charge in [0.1, 0.15) is 6.04 Å². The Morgan fingerprint density at radius 2 is 1.70 bits per heavy atom. The third kappa shape index (κ3) is 8.52. The second-order valence-electron chi connectivity index (χ2n) is 9.23. The molecule has 2 aromatic carbocycles. The summed E-state index contributed by atoms with van der Waals surface area (Å²) >= 11 is 0. The van der Waals surface area contributed by atoms with Crippen molar-refractivity contribution in [2.75, 3.05) is 17.1 Å². The fourth-order valence-corrected chi connectivity index (χ4v) is 4.93. The summed E-state index contributed by atoms with van der Waals surface area (Å²) in [6.07, 6.45) is 2.21. The van der Waals surface area contributed by atoms with Crippen LogP contribution in [-0.2, 0) is 26.2 Å². The Bertz CT molecular complexity index is 1190. The maximum absolute atomic E-state index is 13.7. The van der Waals surface area contributed by atoms with Crippen LogP contribution < -0.4 is 9.62 Å². The van der Waals surface area contributed by atoms with Gasteiger partial charge in [-0.05, 0) is 56.4 Å². The molecule has 0 bridgehead atoms. The highest BCUT2D eigenvalue weighted by Crippen LogP contribution is 2.22. The van der Waals surface area contributed by atoms with Crippen molar-refractivity contribution < 1.29 is 26.8 Å². The SMILES string of the molecule is CCC(C)NC(=O)C(CC)N(Cc1ccccc1C)C(=O)CCCN(c1ccc(F)c(F)c1)S(C)(=O)=O. The first-order valence-electron chi connectivity index (χ1n) is 12.5. The summed E-state index contributed by atoms with van der Waals surface area (Å²) < 4.78 is 52.8. The lowest BCUT2D eigenvalue weighted by Crippen LogP contribution is -2.50. The van der Waals surface area contributed by atoms with Crippen molar-refractivity contribution in [3.05, 3.63) is 65.2 Å². The largest absolute Gasteiger partial charge is 0.352 e. The third-order valence-electron chi connectivity index (χ3n) is 6.33. The highest BCUT2D eigenvalue weighted by Gasteiger charge is 2.29. The standard InChI is InChI=1S/C27H37F2N3O4S/c1-6-20(4)30-27(34)25(7-2)31(18-21-12-9-8-11-19(21)3)26(33)13-10-16-32(37(5,35)36)22-14-15-23(28)24(29)17-22/h8-9,11-12,14-15,17,20,25H,6-7,10,13,16,18H2,1-5H3,(H,30,34). The number of nitrogens with one attached hydrogen (secondary N) is 1. The average Bonchev–Trinajstić information content (AvgIpc) is 2.83. The van der Waals surface area contributed by atoms with Gasteiger partial charge in [-0.2, -0.15) is 0 Å². The molecule has 0 aliphatic carbocycles. The molecule has 0 aromatic heterocycles. The summed E-state index contributed by atoms with van der Waals surface area (Å²) in [5.74, 6) is -2.78. The summed E-state index contributed by atoms with van der Waals surface area (Å²) in [4.78, 5) is 28.1. The molecule has 37 heavy (non-hydrogen) atoms. The summed E-state index contributed by atoms with van der Waals surface area (Å²) in [6, 6.07) is 9.72. The van der Waals surface area contributed by atoms with Crippen molar-refractivity contribution in [2.24, 2.45) is 0 Å². The van der Waals surface area contributed by atoms with E-state index in [1.807, 2.05) is 52.0 Å². The number of aryl methyl sites for hydroxylation is 1. The Balaban J connectivity index is 2.25. The number of halogens is 2. The normalized spacial score (nSPS) is 13.1. The number of nitrogens with zero attached hydrogens (tertiary/aromatic N) is 2.